The Morgan fingerprint density at radius 2 is 2.05 bits per heavy atom. The smallest absolute Gasteiger partial charge is 0.119 e. The topological polar surface area (TPSA) is 47.3 Å². The summed E-state index contributed by atoms with van der Waals surface area (Å²) in [6.45, 7) is 0. The summed E-state index contributed by atoms with van der Waals surface area (Å²) in [5, 5.41) is 0.755. The molecule has 5 heteroatoms. The molecule has 2 aromatic rings. The van der Waals surface area contributed by atoms with Gasteiger partial charge < -0.3 is 4.74 Å². The zero-order valence-corrected chi connectivity index (χ0v) is 13.5. The van der Waals surface area contributed by atoms with Crippen molar-refractivity contribution in [1.82, 2.24) is 5.43 Å². The predicted octanol–water partition coefficient (Wildman–Crippen LogP) is 3.52. The van der Waals surface area contributed by atoms with Crippen LogP contribution in [0.3, 0.4) is 0 Å². The second kappa shape index (κ2) is 8.29. The first kappa shape index (κ1) is 16.2. The highest BCUT2D eigenvalue weighted by Crippen LogP contribution is 2.23. The van der Waals surface area contributed by atoms with E-state index in [1.165, 1.54) is 5.56 Å². The normalized spacial score (nSPS) is 12.1. The van der Waals surface area contributed by atoms with Crippen molar-refractivity contribution >= 4 is 23.4 Å². The van der Waals surface area contributed by atoms with E-state index in [0.29, 0.717) is 0 Å². The van der Waals surface area contributed by atoms with E-state index >= 15 is 0 Å². The lowest BCUT2D eigenvalue weighted by atomic mass is 10.1. The molecule has 1 unspecified atom stereocenters. The number of nitrogens with two attached hydrogens (primary N) is 1. The van der Waals surface area contributed by atoms with Crippen LogP contribution in [0.1, 0.15) is 5.56 Å². The van der Waals surface area contributed by atoms with E-state index in [0.717, 1.165) is 27.8 Å². The number of rotatable bonds is 7. The van der Waals surface area contributed by atoms with Crippen LogP contribution in [-0.2, 0) is 6.42 Å². The van der Waals surface area contributed by atoms with E-state index in [4.69, 9.17) is 22.2 Å². The molecule has 1 atom stereocenters. The summed E-state index contributed by atoms with van der Waals surface area (Å²) in [6.07, 6.45) is 0.848. The molecule has 112 valence electrons. The quantitative estimate of drug-likeness (QED) is 0.465. The van der Waals surface area contributed by atoms with Gasteiger partial charge >= 0.3 is 0 Å². The standard InChI is InChI=1S/C16H19ClN2OS/c1-20-15-6-2-4-12(9-15)8-14(19-18)11-21-16-7-3-5-13(17)10-16/h2-7,9-10,14,19H,8,11,18H2,1H3. The minimum Gasteiger partial charge on any atom is -0.497 e. The predicted molar refractivity (Wildman–Crippen MR) is 90.0 cm³/mol. The van der Waals surface area contributed by atoms with E-state index in [1.54, 1.807) is 18.9 Å². The van der Waals surface area contributed by atoms with Gasteiger partial charge in [0.1, 0.15) is 5.75 Å². The Morgan fingerprint density at radius 3 is 2.76 bits per heavy atom. The first-order chi connectivity index (χ1) is 10.2. The fourth-order valence-electron chi connectivity index (χ4n) is 2.00. The molecule has 0 aliphatic heterocycles. The molecule has 3 nitrogen and oxygen atoms in total. The summed E-state index contributed by atoms with van der Waals surface area (Å²) in [4.78, 5) is 1.15. The highest BCUT2D eigenvalue weighted by atomic mass is 35.5. The van der Waals surface area contributed by atoms with Gasteiger partial charge in [0, 0.05) is 21.7 Å². The van der Waals surface area contributed by atoms with Gasteiger partial charge in [-0.1, -0.05) is 29.8 Å². The first-order valence-corrected chi connectivity index (χ1v) is 8.05. The molecular formula is C16H19ClN2OS. The Balaban J connectivity index is 1.93. The maximum absolute atomic E-state index is 5.99. The zero-order chi connectivity index (χ0) is 15.1. The average molecular weight is 323 g/mol. The number of benzene rings is 2. The van der Waals surface area contributed by atoms with Crippen molar-refractivity contribution in [1.29, 1.82) is 0 Å². The summed E-state index contributed by atoms with van der Waals surface area (Å²) in [7, 11) is 1.67. The molecular weight excluding hydrogens is 304 g/mol. The maximum atomic E-state index is 5.99. The Kier molecular flexibility index (Phi) is 6.39. The second-order valence-electron chi connectivity index (χ2n) is 4.69. The third-order valence-electron chi connectivity index (χ3n) is 3.10. The molecule has 0 amide bonds. The van der Waals surface area contributed by atoms with Crippen molar-refractivity contribution in [3.63, 3.8) is 0 Å². The number of hydrogen-bond donors (Lipinski definition) is 2. The van der Waals surface area contributed by atoms with Crippen molar-refractivity contribution in [3.05, 3.63) is 59.1 Å². The monoisotopic (exact) mass is 322 g/mol. The zero-order valence-electron chi connectivity index (χ0n) is 11.9. The number of nitrogens with one attached hydrogen (secondary N) is 1. The van der Waals surface area contributed by atoms with Crippen molar-refractivity contribution in [2.75, 3.05) is 12.9 Å². The lowest BCUT2D eigenvalue weighted by molar-refractivity contribution is 0.414. The van der Waals surface area contributed by atoms with Crippen LogP contribution in [0.15, 0.2) is 53.4 Å². The van der Waals surface area contributed by atoms with Crippen LogP contribution in [0.4, 0.5) is 0 Å². The first-order valence-electron chi connectivity index (χ1n) is 6.68. The van der Waals surface area contributed by atoms with Gasteiger partial charge in [0.2, 0.25) is 0 Å². The van der Waals surface area contributed by atoms with Gasteiger partial charge in [0.15, 0.2) is 0 Å². The van der Waals surface area contributed by atoms with Crippen molar-refractivity contribution < 1.29 is 4.74 Å². The second-order valence-corrected chi connectivity index (χ2v) is 6.22. The maximum Gasteiger partial charge on any atom is 0.119 e. The Bertz CT molecular complexity index is 580. The molecule has 0 fully saturated rings. The number of halogens is 1. The molecule has 0 radical (unpaired) electrons. The number of hydrogen-bond acceptors (Lipinski definition) is 4. The van der Waals surface area contributed by atoms with E-state index in [-0.39, 0.29) is 6.04 Å². The number of methoxy groups -OCH3 is 1. The van der Waals surface area contributed by atoms with E-state index in [2.05, 4.69) is 17.6 Å². The molecule has 0 aliphatic carbocycles. The van der Waals surface area contributed by atoms with Gasteiger partial charge in [-0.25, -0.2) is 0 Å². The van der Waals surface area contributed by atoms with Gasteiger partial charge in [-0.05, 0) is 42.3 Å². The molecule has 21 heavy (non-hydrogen) atoms. The largest absolute Gasteiger partial charge is 0.497 e. The summed E-state index contributed by atoms with van der Waals surface area (Å²) in [5.41, 5.74) is 4.08. The molecule has 0 saturated carbocycles. The molecule has 0 aliphatic rings. The summed E-state index contributed by atoms with van der Waals surface area (Å²) in [5.74, 6) is 7.40. The third-order valence-corrected chi connectivity index (χ3v) is 4.49. The van der Waals surface area contributed by atoms with E-state index in [9.17, 15) is 0 Å². The van der Waals surface area contributed by atoms with E-state index < -0.39 is 0 Å². The molecule has 0 bridgehead atoms. The van der Waals surface area contributed by atoms with Gasteiger partial charge in [-0.3, -0.25) is 11.3 Å². The van der Waals surface area contributed by atoms with Crippen LogP contribution in [0.2, 0.25) is 5.02 Å². The molecule has 3 N–H and O–H groups in total. The summed E-state index contributed by atoms with van der Waals surface area (Å²) >= 11 is 7.73. The van der Waals surface area contributed by atoms with Gasteiger partial charge in [-0.15, -0.1) is 11.8 Å². The molecule has 0 heterocycles. The van der Waals surface area contributed by atoms with Crippen LogP contribution in [0, 0.1) is 0 Å². The summed E-state index contributed by atoms with van der Waals surface area (Å²) < 4.78 is 5.24. The van der Waals surface area contributed by atoms with Crippen LogP contribution >= 0.6 is 23.4 Å². The van der Waals surface area contributed by atoms with Crippen molar-refractivity contribution in [2.45, 2.75) is 17.4 Å². The highest BCUT2D eigenvalue weighted by Gasteiger charge is 2.09. The molecule has 0 aromatic heterocycles. The molecule has 0 saturated heterocycles. The lowest BCUT2D eigenvalue weighted by Gasteiger charge is -2.16. The molecule has 0 spiro atoms. The number of ether oxygens (including phenoxy) is 1. The van der Waals surface area contributed by atoms with E-state index in [1.807, 2.05) is 36.4 Å². The fourth-order valence-corrected chi connectivity index (χ4v) is 3.25. The summed E-state index contributed by atoms with van der Waals surface area (Å²) in [6, 6.07) is 16.1. The fraction of sp³-hybridized carbons (Fsp3) is 0.250. The number of hydrazine groups is 1. The Morgan fingerprint density at radius 1 is 1.24 bits per heavy atom. The third kappa shape index (κ3) is 5.25. The number of thioether (sulfide) groups is 1. The van der Waals surface area contributed by atoms with Gasteiger partial charge in [-0.2, -0.15) is 0 Å². The van der Waals surface area contributed by atoms with Crippen molar-refractivity contribution in [3.8, 4) is 5.75 Å². The minimum absolute atomic E-state index is 0.182. The minimum atomic E-state index is 0.182. The van der Waals surface area contributed by atoms with Crippen LogP contribution in [-0.4, -0.2) is 18.9 Å². The Labute approximate surface area is 134 Å². The molecule has 2 rings (SSSR count). The highest BCUT2D eigenvalue weighted by molar-refractivity contribution is 7.99. The van der Waals surface area contributed by atoms with Gasteiger partial charge in [0.05, 0.1) is 7.11 Å². The van der Waals surface area contributed by atoms with Gasteiger partial charge in [0.25, 0.3) is 0 Å². The Hall–Kier alpha value is -1.20. The van der Waals surface area contributed by atoms with Crippen LogP contribution in [0.5, 0.6) is 5.75 Å². The van der Waals surface area contributed by atoms with Crippen LogP contribution in [0.25, 0.3) is 0 Å². The average Bonchev–Trinajstić information content (AvgIpc) is 2.51. The van der Waals surface area contributed by atoms with Crippen LogP contribution < -0.4 is 16.0 Å². The lowest BCUT2D eigenvalue weighted by Crippen LogP contribution is -2.38. The SMILES string of the molecule is COc1cccc(CC(CSc2cccc(Cl)c2)NN)c1. The molecule has 2 aromatic carbocycles. The van der Waals surface area contributed by atoms with Crippen molar-refractivity contribution in [2.24, 2.45) is 5.84 Å².